The van der Waals surface area contributed by atoms with Crippen molar-refractivity contribution in [2.75, 3.05) is 6.61 Å². The lowest BCUT2D eigenvalue weighted by Crippen LogP contribution is -2.45. The molecule has 0 aliphatic rings. The van der Waals surface area contributed by atoms with Crippen LogP contribution in [0.25, 0.3) is 0 Å². The minimum Gasteiger partial charge on any atom is -0.394 e. The van der Waals surface area contributed by atoms with Gasteiger partial charge in [-0.2, -0.15) is 0 Å². The maximum absolute atomic E-state index is 12.4. The normalized spacial score (nSPS) is 13.3. The second-order valence-corrected chi connectivity index (χ2v) is 16.2. The minimum atomic E-state index is -0.870. The van der Waals surface area contributed by atoms with Crippen molar-refractivity contribution in [3.05, 3.63) is 48.6 Å². The van der Waals surface area contributed by atoms with Crippen molar-refractivity contribution in [3.8, 4) is 0 Å². The zero-order chi connectivity index (χ0) is 39.3. The van der Waals surface area contributed by atoms with E-state index in [0.717, 1.165) is 38.5 Å². The van der Waals surface area contributed by atoms with Gasteiger partial charge < -0.3 is 15.5 Å². The topological polar surface area (TPSA) is 69.6 Å². The first kappa shape index (κ1) is 52.3. The van der Waals surface area contributed by atoms with Crippen molar-refractivity contribution in [1.82, 2.24) is 5.32 Å². The van der Waals surface area contributed by atoms with Gasteiger partial charge in [0, 0.05) is 6.42 Å². The molecule has 0 aliphatic heterocycles. The first-order valence-corrected chi connectivity index (χ1v) is 23.9. The van der Waals surface area contributed by atoms with Crippen LogP contribution in [0, 0.1) is 0 Å². The quantitative estimate of drug-likeness (QED) is 0.0429. The van der Waals surface area contributed by atoms with Crippen LogP contribution in [0.15, 0.2) is 48.6 Å². The van der Waals surface area contributed by atoms with E-state index >= 15 is 0 Å². The van der Waals surface area contributed by atoms with Crippen LogP contribution in [0.4, 0.5) is 0 Å². The minimum absolute atomic E-state index is 0.0774. The second kappa shape index (κ2) is 45.7. The van der Waals surface area contributed by atoms with Gasteiger partial charge in [0.2, 0.25) is 5.91 Å². The summed E-state index contributed by atoms with van der Waals surface area (Å²) in [6.07, 6.45) is 62.3. The van der Waals surface area contributed by atoms with Crippen molar-refractivity contribution in [1.29, 1.82) is 0 Å². The molecular weight excluding hydrogens is 663 g/mol. The summed E-state index contributed by atoms with van der Waals surface area (Å²) >= 11 is 0. The van der Waals surface area contributed by atoms with Crippen LogP contribution in [0.5, 0.6) is 0 Å². The number of amides is 1. The highest BCUT2D eigenvalue weighted by molar-refractivity contribution is 5.76. The number of aliphatic hydroxyl groups excluding tert-OH is 2. The zero-order valence-electron chi connectivity index (χ0n) is 36.2. The third-order valence-electron chi connectivity index (χ3n) is 10.8. The highest BCUT2D eigenvalue weighted by Gasteiger charge is 2.17. The van der Waals surface area contributed by atoms with Crippen LogP contribution < -0.4 is 5.32 Å². The summed E-state index contributed by atoms with van der Waals surface area (Å²) < 4.78 is 0. The van der Waals surface area contributed by atoms with E-state index in [4.69, 9.17) is 0 Å². The van der Waals surface area contributed by atoms with E-state index in [2.05, 4.69) is 55.6 Å². The molecule has 0 aromatic rings. The van der Waals surface area contributed by atoms with Crippen LogP contribution in [0.1, 0.15) is 245 Å². The number of carbonyl (C=O) groups is 1. The highest BCUT2D eigenvalue weighted by atomic mass is 16.3. The summed E-state index contributed by atoms with van der Waals surface area (Å²) in [5, 5.41) is 23.0. The zero-order valence-corrected chi connectivity index (χ0v) is 36.2. The van der Waals surface area contributed by atoms with Crippen LogP contribution in [-0.4, -0.2) is 34.9 Å². The number of hydrogen-bond acceptors (Lipinski definition) is 3. The summed E-state index contributed by atoms with van der Waals surface area (Å²) in [5.41, 5.74) is 0. The van der Waals surface area contributed by atoms with E-state index in [9.17, 15) is 15.0 Å². The van der Waals surface area contributed by atoms with Crippen LogP contribution in [-0.2, 0) is 4.79 Å². The first-order valence-electron chi connectivity index (χ1n) is 23.9. The Kier molecular flexibility index (Phi) is 44.3. The van der Waals surface area contributed by atoms with Gasteiger partial charge in [-0.1, -0.05) is 217 Å². The summed E-state index contributed by atoms with van der Waals surface area (Å²) in [6.45, 7) is 4.29. The van der Waals surface area contributed by atoms with Crippen molar-refractivity contribution >= 4 is 5.91 Å². The number of allylic oxidation sites excluding steroid dienone is 7. The van der Waals surface area contributed by atoms with Gasteiger partial charge >= 0.3 is 0 Å². The Hall–Kier alpha value is -1.65. The molecule has 1 amide bonds. The van der Waals surface area contributed by atoms with Gasteiger partial charge in [-0.25, -0.2) is 0 Å². The number of unbranched alkanes of at least 4 members (excludes halogenated alkanes) is 30. The lowest BCUT2D eigenvalue weighted by Gasteiger charge is -2.19. The molecule has 4 heteroatoms. The Labute approximate surface area is 337 Å². The molecule has 0 radical (unpaired) electrons. The molecule has 2 unspecified atom stereocenters. The number of nitrogens with one attached hydrogen (secondary N) is 1. The van der Waals surface area contributed by atoms with Gasteiger partial charge in [-0.15, -0.1) is 0 Å². The first-order chi connectivity index (χ1) is 26.7. The average Bonchev–Trinajstić information content (AvgIpc) is 3.18. The van der Waals surface area contributed by atoms with Gasteiger partial charge in [0.25, 0.3) is 0 Å². The fourth-order valence-electron chi connectivity index (χ4n) is 7.09. The van der Waals surface area contributed by atoms with E-state index in [1.54, 1.807) is 6.08 Å². The molecule has 0 aliphatic carbocycles. The highest BCUT2D eigenvalue weighted by Crippen LogP contribution is 2.15. The molecule has 0 aromatic carbocycles. The molecule has 4 nitrogen and oxygen atoms in total. The third kappa shape index (κ3) is 41.5. The second-order valence-electron chi connectivity index (χ2n) is 16.2. The van der Waals surface area contributed by atoms with E-state index in [-0.39, 0.29) is 12.5 Å². The molecule has 54 heavy (non-hydrogen) atoms. The molecule has 0 bridgehead atoms. The maximum atomic E-state index is 12.4. The summed E-state index contributed by atoms with van der Waals surface area (Å²) in [6, 6.07) is -0.645. The Morgan fingerprint density at radius 1 is 0.426 bits per heavy atom. The average molecular weight is 756 g/mol. The smallest absolute Gasteiger partial charge is 0.220 e. The number of carbonyl (C=O) groups excluding carboxylic acids is 1. The van der Waals surface area contributed by atoms with Gasteiger partial charge in [0.15, 0.2) is 0 Å². The van der Waals surface area contributed by atoms with Gasteiger partial charge in [0.1, 0.15) is 0 Å². The van der Waals surface area contributed by atoms with E-state index in [1.165, 1.54) is 186 Å². The maximum Gasteiger partial charge on any atom is 0.220 e. The number of rotatable bonds is 43. The predicted molar refractivity (Wildman–Crippen MR) is 239 cm³/mol. The number of hydrogen-bond donors (Lipinski definition) is 3. The molecular formula is C50H93NO3. The Balaban J connectivity index is 3.57. The fourth-order valence-corrected chi connectivity index (χ4v) is 7.09. The monoisotopic (exact) mass is 756 g/mol. The number of aliphatic hydroxyl groups is 2. The third-order valence-corrected chi connectivity index (χ3v) is 10.8. The Bertz CT molecular complexity index is 862. The van der Waals surface area contributed by atoms with Crippen LogP contribution in [0.3, 0.4) is 0 Å². The molecule has 0 aromatic heterocycles. The van der Waals surface area contributed by atoms with Crippen molar-refractivity contribution in [2.45, 2.75) is 257 Å². The SMILES string of the molecule is CCCCCCCCC/C=C/CC/C=C/CC/C=C/C(O)C(CO)NC(=O)CCCCCCCCCCCCCCC/C=C\CCCCCCCCCC. The fraction of sp³-hybridized carbons (Fsp3) is 0.820. The van der Waals surface area contributed by atoms with Gasteiger partial charge in [-0.3, -0.25) is 4.79 Å². The van der Waals surface area contributed by atoms with Crippen LogP contribution >= 0.6 is 0 Å². The molecule has 3 N–H and O–H groups in total. The van der Waals surface area contributed by atoms with Crippen molar-refractivity contribution < 1.29 is 15.0 Å². The molecule has 316 valence electrons. The summed E-state index contributed by atoms with van der Waals surface area (Å²) in [5.74, 6) is -0.0774. The van der Waals surface area contributed by atoms with Gasteiger partial charge in [-0.05, 0) is 70.6 Å². The van der Waals surface area contributed by atoms with E-state index < -0.39 is 12.1 Å². The largest absolute Gasteiger partial charge is 0.394 e. The van der Waals surface area contributed by atoms with Crippen molar-refractivity contribution in [2.24, 2.45) is 0 Å². The molecule has 2 atom stereocenters. The molecule has 0 saturated carbocycles. The molecule has 0 rings (SSSR count). The van der Waals surface area contributed by atoms with Crippen molar-refractivity contribution in [3.63, 3.8) is 0 Å². The van der Waals surface area contributed by atoms with E-state index in [1.807, 2.05) is 6.08 Å². The molecule has 0 fully saturated rings. The molecule has 0 spiro atoms. The standard InChI is InChI=1S/C50H93NO3/c1-3-5-7-9-11-13-15-17-19-21-22-23-24-25-26-27-28-30-32-34-36-38-40-42-44-46-50(54)51-48(47-52)49(53)45-43-41-39-37-35-33-31-29-20-18-16-14-12-10-8-6-4-2/h20-22,29,35,37,43,45,48-49,52-53H,3-19,23-28,30-34,36,38-42,44,46-47H2,1-2H3,(H,51,54)/b22-21-,29-20+,37-35+,45-43+. The van der Waals surface area contributed by atoms with Crippen LogP contribution in [0.2, 0.25) is 0 Å². The van der Waals surface area contributed by atoms with Gasteiger partial charge in [0.05, 0.1) is 18.8 Å². The predicted octanol–water partition coefficient (Wildman–Crippen LogP) is 15.1. The Morgan fingerprint density at radius 3 is 1.07 bits per heavy atom. The summed E-state index contributed by atoms with van der Waals surface area (Å²) in [4.78, 5) is 12.4. The summed E-state index contributed by atoms with van der Waals surface area (Å²) in [7, 11) is 0. The Morgan fingerprint density at radius 2 is 0.722 bits per heavy atom. The molecule has 0 heterocycles. The molecule has 0 saturated heterocycles. The van der Waals surface area contributed by atoms with E-state index in [0.29, 0.717) is 6.42 Å². The lowest BCUT2D eigenvalue weighted by molar-refractivity contribution is -0.123. The lowest BCUT2D eigenvalue weighted by atomic mass is 10.0.